The van der Waals surface area contributed by atoms with Gasteiger partial charge in [0.25, 0.3) is 5.69 Å². The topological polar surface area (TPSA) is 113 Å². The zero-order valence-corrected chi connectivity index (χ0v) is 17.1. The molecule has 0 unspecified atom stereocenters. The van der Waals surface area contributed by atoms with E-state index in [1.54, 1.807) is 23.9 Å². The van der Waals surface area contributed by atoms with E-state index in [4.69, 9.17) is 4.42 Å². The van der Waals surface area contributed by atoms with Gasteiger partial charge in [0.15, 0.2) is 5.16 Å². The van der Waals surface area contributed by atoms with E-state index >= 15 is 0 Å². The molecule has 29 heavy (non-hydrogen) atoms. The molecule has 0 amide bonds. The molecule has 1 fully saturated rings. The molecule has 3 aromatic rings. The Kier molecular flexibility index (Phi) is 5.61. The molecule has 0 saturated heterocycles. The fraction of sp³-hybridized carbons (Fsp3) is 0.474. The number of nitrogens with zero attached hydrogens (tertiary/aromatic N) is 6. The summed E-state index contributed by atoms with van der Waals surface area (Å²) in [6.45, 7) is 3.99. The highest BCUT2D eigenvalue weighted by Gasteiger charge is 2.25. The summed E-state index contributed by atoms with van der Waals surface area (Å²) in [5, 5.41) is 28.5. The summed E-state index contributed by atoms with van der Waals surface area (Å²) in [5.74, 6) is 1.76. The van der Waals surface area contributed by atoms with Crippen LogP contribution >= 0.6 is 11.8 Å². The molecule has 1 atom stereocenters. The maximum atomic E-state index is 10.8. The van der Waals surface area contributed by atoms with Crippen molar-refractivity contribution < 1.29 is 9.34 Å². The zero-order valence-electron chi connectivity index (χ0n) is 16.3. The Morgan fingerprint density at radius 3 is 2.55 bits per heavy atom. The average Bonchev–Trinajstić information content (AvgIpc) is 3.36. The second-order valence-electron chi connectivity index (χ2n) is 7.20. The number of aromatic nitrogens is 5. The van der Waals surface area contributed by atoms with Crippen LogP contribution in [0.4, 0.5) is 5.69 Å². The van der Waals surface area contributed by atoms with Crippen molar-refractivity contribution in [1.29, 1.82) is 0 Å². The van der Waals surface area contributed by atoms with E-state index in [0.717, 1.165) is 23.8 Å². The Hall–Kier alpha value is -2.75. The number of hydrogen-bond acceptors (Lipinski definition) is 8. The Morgan fingerprint density at radius 2 is 1.86 bits per heavy atom. The Bertz CT molecular complexity index is 994. The molecular formula is C19H22N6O3S. The predicted octanol–water partition coefficient (Wildman–Crippen LogP) is 4.90. The highest BCUT2D eigenvalue weighted by molar-refractivity contribution is 7.99. The second-order valence-corrected chi connectivity index (χ2v) is 8.51. The quantitative estimate of drug-likeness (QED) is 0.318. The summed E-state index contributed by atoms with van der Waals surface area (Å²) < 4.78 is 8.07. The van der Waals surface area contributed by atoms with Gasteiger partial charge in [0.1, 0.15) is 5.82 Å². The van der Waals surface area contributed by atoms with Crippen molar-refractivity contribution in [1.82, 2.24) is 25.0 Å². The van der Waals surface area contributed by atoms with Crippen LogP contribution in [0.15, 0.2) is 33.8 Å². The van der Waals surface area contributed by atoms with Gasteiger partial charge in [-0.25, -0.2) is 0 Å². The minimum atomic E-state index is -0.438. The van der Waals surface area contributed by atoms with Gasteiger partial charge in [-0.05, 0) is 38.8 Å². The molecule has 1 aliphatic rings. The summed E-state index contributed by atoms with van der Waals surface area (Å²) in [5.41, 5.74) is 0.669. The molecule has 1 saturated carbocycles. The van der Waals surface area contributed by atoms with Crippen molar-refractivity contribution >= 4 is 17.4 Å². The molecule has 152 valence electrons. The summed E-state index contributed by atoms with van der Waals surface area (Å²) in [4.78, 5) is 10.4. The van der Waals surface area contributed by atoms with Gasteiger partial charge in [-0.2, -0.15) is 0 Å². The number of rotatable bonds is 6. The van der Waals surface area contributed by atoms with E-state index in [1.165, 1.54) is 31.4 Å². The van der Waals surface area contributed by atoms with Gasteiger partial charge in [-0.1, -0.05) is 31.0 Å². The highest BCUT2D eigenvalue weighted by Crippen LogP contribution is 2.38. The fourth-order valence-corrected chi connectivity index (χ4v) is 4.63. The van der Waals surface area contributed by atoms with Crippen LogP contribution in [0, 0.1) is 17.0 Å². The fourth-order valence-electron chi connectivity index (χ4n) is 3.64. The van der Waals surface area contributed by atoms with E-state index < -0.39 is 4.92 Å². The summed E-state index contributed by atoms with van der Waals surface area (Å²) in [6, 6.07) is 6.51. The van der Waals surface area contributed by atoms with Crippen LogP contribution in [-0.4, -0.2) is 29.9 Å². The van der Waals surface area contributed by atoms with Crippen LogP contribution in [-0.2, 0) is 0 Å². The number of non-ortho nitro benzene ring substituents is 1. The van der Waals surface area contributed by atoms with Crippen LogP contribution in [0.2, 0.25) is 0 Å². The number of nitro benzene ring substituents is 1. The number of hydrogen-bond donors (Lipinski definition) is 0. The number of thioether (sulfide) groups is 1. The minimum absolute atomic E-state index is 0.0230. The molecule has 2 heterocycles. The molecule has 10 heteroatoms. The zero-order chi connectivity index (χ0) is 20.4. The summed E-state index contributed by atoms with van der Waals surface area (Å²) >= 11 is 1.56. The average molecular weight is 414 g/mol. The first kappa shape index (κ1) is 19.6. The van der Waals surface area contributed by atoms with E-state index in [-0.39, 0.29) is 10.9 Å². The Balaban J connectivity index is 1.50. The lowest BCUT2D eigenvalue weighted by Gasteiger charge is -2.25. The maximum absolute atomic E-state index is 10.8. The van der Waals surface area contributed by atoms with Crippen molar-refractivity contribution in [3.05, 3.63) is 46.1 Å². The van der Waals surface area contributed by atoms with Gasteiger partial charge in [0.2, 0.25) is 11.8 Å². The maximum Gasteiger partial charge on any atom is 0.269 e. The lowest BCUT2D eigenvalue weighted by Crippen LogP contribution is -2.15. The van der Waals surface area contributed by atoms with Crippen molar-refractivity contribution in [2.24, 2.45) is 0 Å². The van der Waals surface area contributed by atoms with Gasteiger partial charge in [0, 0.05) is 23.7 Å². The van der Waals surface area contributed by atoms with Gasteiger partial charge in [-0.3, -0.25) is 10.1 Å². The van der Waals surface area contributed by atoms with Crippen molar-refractivity contribution in [2.75, 3.05) is 0 Å². The normalized spacial score (nSPS) is 16.1. The van der Waals surface area contributed by atoms with Crippen LogP contribution in [0.3, 0.4) is 0 Å². The predicted molar refractivity (Wildman–Crippen MR) is 108 cm³/mol. The first-order valence-corrected chi connectivity index (χ1v) is 10.6. The molecule has 0 bridgehead atoms. The first-order chi connectivity index (χ1) is 14.0. The molecule has 0 N–H and O–H groups in total. The van der Waals surface area contributed by atoms with Crippen molar-refractivity contribution in [2.45, 2.75) is 62.4 Å². The molecule has 9 nitrogen and oxygen atoms in total. The Morgan fingerprint density at radius 1 is 1.14 bits per heavy atom. The summed E-state index contributed by atoms with van der Waals surface area (Å²) in [7, 11) is 0. The monoisotopic (exact) mass is 414 g/mol. The molecule has 4 rings (SSSR count). The third-order valence-electron chi connectivity index (χ3n) is 5.17. The van der Waals surface area contributed by atoms with Crippen molar-refractivity contribution in [3.63, 3.8) is 0 Å². The molecular weight excluding hydrogens is 392 g/mol. The van der Waals surface area contributed by atoms with E-state index in [1.807, 2.05) is 13.8 Å². The van der Waals surface area contributed by atoms with E-state index in [9.17, 15) is 10.1 Å². The minimum Gasteiger partial charge on any atom is -0.419 e. The third-order valence-corrected chi connectivity index (χ3v) is 6.21. The highest BCUT2D eigenvalue weighted by atomic mass is 32.2. The molecule has 0 radical (unpaired) electrons. The molecule has 0 spiro atoms. The molecule has 0 aliphatic heterocycles. The number of benzene rings is 1. The van der Waals surface area contributed by atoms with Crippen LogP contribution in [0.1, 0.15) is 62.0 Å². The van der Waals surface area contributed by atoms with Gasteiger partial charge in [0.05, 0.1) is 10.2 Å². The van der Waals surface area contributed by atoms with E-state index in [0.29, 0.717) is 23.4 Å². The van der Waals surface area contributed by atoms with Crippen LogP contribution in [0.25, 0.3) is 11.5 Å². The molecule has 2 aromatic heterocycles. The smallest absolute Gasteiger partial charge is 0.269 e. The second kappa shape index (κ2) is 8.32. The van der Waals surface area contributed by atoms with Gasteiger partial charge in [-0.15, -0.1) is 20.4 Å². The van der Waals surface area contributed by atoms with Crippen LogP contribution in [0.5, 0.6) is 0 Å². The van der Waals surface area contributed by atoms with E-state index in [2.05, 4.69) is 25.0 Å². The number of aryl methyl sites for hydroxylation is 1. The van der Waals surface area contributed by atoms with Gasteiger partial charge >= 0.3 is 0 Å². The largest absolute Gasteiger partial charge is 0.419 e. The first-order valence-electron chi connectivity index (χ1n) is 9.69. The third kappa shape index (κ3) is 4.16. The SMILES string of the molecule is Cc1nnc(S[C@H](C)c2nnc(-c3ccc([N+](=O)[O-])cc3)o2)n1C1CCCCC1. The summed E-state index contributed by atoms with van der Waals surface area (Å²) in [6.07, 6.45) is 6.09. The number of nitro groups is 1. The standard InChI is InChI=1S/C19H22N6O3S/c1-12(29-19-23-20-13(2)24(19)15-6-4-3-5-7-15)17-21-22-18(28-17)14-8-10-16(11-9-14)25(26)27/h8-12,15H,3-7H2,1-2H3/t12-/m1/s1. The molecule has 1 aromatic carbocycles. The lowest BCUT2D eigenvalue weighted by atomic mass is 9.95. The lowest BCUT2D eigenvalue weighted by molar-refractivity contribution is -0.384. The van der Waals surface area contributed by atoms with Crippen molar-refractivity contribution in [3.8, 4) is 11.5 Å². The molecule has 1 aliphatic carbocycles. The van der Waals surface area contributed by atoms with Crippen LogP contribution < -0.4 is 0 Å². The Labute approximate surface area is 172 Å². The van der Waals surface area contributed by atoms with Gasteiger partial charge < -0.3 is 8.98 Å².